The molecule has 1 amide bonds. The molecule has 0 aliphatic heterocycles. The van der Waals surface area contributed by atoms with E-state index in [9.17, 15) is 4.79 Å². The van der Waals surface area contributed by atoms with Gasteiger partial charge in [0, 0.05) is 10.9 Å². The number of halogens is 1. The normalized spacial score (nSPS) is 16.9. The Bertz CT molecular complexity index is 650. The van der Waals surface area contributed by atoms with Crippen LogP contribution in [-0.4, -0.2) is 16.4 Å². The second-order valence-electron chi connectivity index (χ2n) is 5.39. The molecule has 98 valence electrons. The summed E-state index contributed by atoms with van der Waals surface area (Å²) in [6.07, 6.45) is 3.22. The first-order valence-corrected chi connectivity index (χ1v) is 6.83. The van der Waals surface area contributed by atoms with Crippen molar-refractivity contribution in [1.82, 2.24) is 10.3 Å². The van der Waals surface area contributed by atoms with E-state index in [2.05, 4.69) is 17.2 Å². The Hall–Kier alpha value is -1.61. The monoisotopic (exact) mass is 274 g/mol. The highest BCUT2D eigenvalue weighted by atomic mass is 35.5. The summed E-state index contributed by atoms with van der Waals surface area (Å²) in [6, 6.07) is 9.46. The smallest absolute Gasteiger partial charge is 0.270 e. The first kappa shape index (κ1) is 12.4. The summed E-state index contributed by atoms with van der Waals surface area (Å²) in [5, 5.41) is 5.23. The quantitative estimate of drug-likeness (QED) is 0.851. The molecule has 3 nitrogen and oxygen atoms in total. The number of hydrogen-bond donors (Lipinski definition) is 1. The summed E-state index contributed by atoms with van der Waals surface area (Å²) < 4.78 is 0. The van der Waals surface area contributed by atoms with Crippen LogP contribution in [0, 0.1) is 0 Å². The molecule has 2 aromatic rings. The van der Waals surface area contributed by atoms with Gasteiger partial charge in [-0.1, -0.05) is 35.9 Å². The fourth-order valence-corrected chi connectivity index (χ4v) is 2.71. The molecule has 0 radical (unpaired) electrons. The van der Waals surface area contributed by atoms with Gasteiger partial charge in [0.1, 0.15) is 10.8 Å². The van der Waals surface area contributed by atoms with Crippen LogP contribution in [0.3, 0.4) is 0 Å². The second-order valence-corrected chi connectivity index (χ2v) is 5.75. The van der Waals surface area contributed by atoms with E-state index in [4.69, 9.17) is 11.6 Å². The minimum absolute atomic E-state index is 0.0725. The summed E-state index contributed by atoms with van der Waals surface area (Å²) >= 11 is 6.13. The average molecular weight is 275 g/mol. The fourth-order valence-electron chi connectivity index (χ4n) is 2.44. The van der Waals surface area contributed by atoms with Gasteiger partial charge in [-0.15, -0.1) is 0 Å². The van der Waals surface area contributed by atoms with Gasteiger partial charge in [0.25, 0.3) is 5.91 Å². The number of hydrogen-bond acceptors (Lipinski definition) is 2. The highest BCUT2D eigenvalue weighted by molar-refractivity contribution is 6.34. The second kappa shape index (κ2) is 4.49. The maximum Gasteiger partial charge on any atom is 0.270 e. The lowest BCUT2D eigenvalue weighted by Gasteiger charge is -2.39. The van der Waals surface area contributed by atoms with Crippen LogP contribution in [0.1, 0.15) is 36.7 Å². The molecule has 0 saturated heterocycles. The van der Waals surface area contributed by atoms with Gasteiger partial charge in [0.2, 0.25) is 0 Å². The minimum Gasteiger partial charge on any atom is -0.346 e. The number of amides is 1. The van der Waals surface area contributed by atoms with Crippen LogP contribution >= 0.6 is 11.6 Å². The first-order chi connectivity index (χ1) is 9.07. The van der Waals surface area contributed by atoms with Crippen molar-refractivity contribution < 1.29 is 4.79 Å². The lowest BCUT2D eigenvalue weighted by atomic mass is 9.78. The molecule has 1 saturated carbocycles. The van der Waals surface area contributed by atoms with Crippen LogP contribution < -0.4 is 5.32 Å². The maximum atomic E-state index is 12.2. The molecular weight excluding hydrogens is 260 g/mol. The van der Waals surface area contributed by atoms with Crippen LogP contribution in [0.25, 0.3) is 10.8 Å². The van der Waals surface area contributed by atoms with Gasteiger partial charge in [-0.3, -0.25) is 4.79 Å². The Balaban J connectivity index is 1.94. The van der Waals surface area contributed by atoms with Gasteiger partial charge >= 0.3 is 0 Å². The molecule has 1 fully saturated rings. The molecule has 3 rings (SSSR count). The van der Waals surface area contributed by atoms with E-state index in [0.717, 1.165) is 23.6 Å². The standard InChI is InChI=1S/C15H15ClN2O/c1-15(7-4-8-15)18-14(19)12-9-10-5-2-3-6-11(10)13(16)17-12/h2-3,5-6,9H,4,7-8H2,1H3,(H,18,19). The average Bonchev–Trinajstić information content (AvgIpc) is 2.37. The first-order valence-electron chi connectivity index (χ1n) is 6.45. The van der Waals surface area contributed by atoms with Crippen LogP contribution in [0.15, 0.2) is 30.3 Å². The number of aromatic nitrogens is 1. The predicted octanol–water partition coefficient (Wildman–Crippen LogP) is 3.56. The number of carbonyl (C=O) groups excluding carboxylic acids is 1. The zero-order chi connectivity index (χ0) is 13.5. The predicted molar refractivity (Wildman–Crippen MR) is 76.5 cm³/mol. The van der Waals surface area contributed by atoms with E-state index in [1.54, 1.807) is 6.07 Å². The highest BCUT2D eigenvalue weighted by Crippen LogP contribution is 2.31. The molecule has 19 heavy (non-hydrogen) atoms. The van der Waals surface area contributed by atoms with E-state index in [0.29, 0.717) is 10.8 Å². The number of fused-ring (bicyclic) bond motifs is 1. The Morgan fingerprint density at radius 1 is 1.37 bits per heavy atom. The summed E-state index contributed by atoms with van der Waals surface area (Å²) in [7, 11) is 0. The molecule has 0 spiro atoms. The SMILES string of the molecule is CC1(NC(=O)c2cc3ccccc3c(Cl)n2)CCC1. The largest absolute Gasteiger partial charge is 0.346 e. The van der Waals surface area contributed by atoms with Gasteiger partial charge in [-0.25, -0.2) is 4.98 Å². The molecule has 0 bridgehead atoms. The summed E-state index contributed by atoms with van der Waals surface area (Å²) in [5.74, 6) is -0.144. The third-order valence-corrected chi connectivity index (χ3v) is 4.09. The van der Waals surface area contributed by atoms with Gasteiger partial charge in [0.05, 0.1) is 0 Å². The van der Waals surface area contributed by atoms with Gasteiger partial charge in [-0.2, -0.15) is 0 Å². The lowest BCUT2D eigenvalue weighted by molar-refractivity contribution is 0.0845. The third-order valence-electron chi connectivity index (χ3n) is 3.80. The van der Waals surface area contributed by atoms with Crippen molar-refractivity contribution in [3.63, 3.8) is 0 Å². The molecule has 4 heteroatoms. The molecule has 1 aliphatic carbocycles. The van der Waals surface area contributed by atoms with E-state index in [1.807, 2.05) is 24.3 Å². The molecule has 1 aromatic heterocycles. The number of nitrogens with one attached hydrogen (secondary N) is 1. The van der Waals surface area contributed by atoms with Crippen LogP contribution in [0.5, 0.6) is 0 Å². The number of pyridine rings is 1. The zero-order valence-electron chi connectivity index (χ0n) is 10.7. The fraction of sp³-hybridized carbons (Fsp3) is 0.333. The molecule has 1 aromatic carbocycles. The van der Waals surface area contributed by atoms with Crippen molar-refractivity contribution in [3.8, 4) is 0 Å². The van der Waals surface area contributed by atoms with E-state index in [1.165, 1.54) is 6.42 Å². The minimum atomic E-state index is -0.144. The summed E-state index contributed by atoms with van der Waals surface area (Å²) in [6.45, 7) is 2.07. The van der Waals surface area contributed by atoms with Crippen LogP contribution in [-0.2, 0) is 0 Å². The Kier molecular flexibility index (Phi) is 2.94. The van der Waals surface area contributed by atoms with Crippen molar-refractivity contribution in [2.45, 2.75) is 31.7 Å². The molecular formula is C15H15ClN2O. The van der Waals surface area contributed by atoms with E-state index in [-0.39, 0.29) is 11.4 Å². The lowest BCUT2D eigenvalue weighted by Crippen LogP contribution is -2.51. The Labute approximate surface area is 117 Å². The van der Waals surface area contributed by atoms with Gasteiger partial charge < -0.3 is 5.32 Å². The van der Waals surface area contributed by atoms with Crippen molar-refractivity contribution >= 4 is 28.3 Å². The molecule has 1 aliphatic rings. The zero-order valence-corrected chi connectivity index (χ0v) is 11.5. The van der Waals surface area contributed by atoms with Crippen molar-refractivity contribution in [1.29, 1.82) is 0 Å². The highest BCUT2D eigenvalue weighted by Gasteiger charge is 2.33. The maximum absolute atomic E-state index is 12.2. The number of rotatable bonds is 2. The van der Waals surface area contributed by atoms with Gasteiger partial charge in [0.15, 0.2) is 0 Å². The summed E-state index contributed by atoms with van der Waals surface area (Å²) in [4.78, 5) is 16.4. The molecule has 0 unspecified atom stereocenters. The third kappa shape index (κ3) is 2.30. The van der Waals surface area contributed by atoms with Crippen molar-refractivity contribution in [2.75, 3.05) is 0 Å². The molecule has 1 heterocycles. The topological polar surface area (TPSA) is 42.0 Å². The van der Waals surface area contributed by atoms with Crippen LogP contribution in [0.2, 0.25) is 5.15 Å². The number of benzene rings is 1. The Morgan fingerprint density at radius 2 is 2.11 bits per heavy atom. The molecule has 1 N–H and O–H groups in total. The van der Waals surface area contributed by atoms with E-state index >= 15 is 0 Å². The number of nitrogens with zero attached hydrogens (tertiary/aromatic N) is 1. The Morgan fingerprint density at radius 3 is 2.79 bits per heavy atom. The van der Waals surface area contributed by atoms with Crippen LogP contribution in [0.4, 0.5) is 0 Å². The van der Waals surface area contributed by atoms with Crippen molar-refractivity contribution in [2.24, 2.45) is 0 Å². The van der Waals surface area contributed by atoms with Crippen molar-refractivity contribution in [3.05, 3.63) is 41.2 Å². The van der Waals surface area contributed by atoms with E-state index < -0.39 is 0 Å². The molecule has 0 atom stereocenters. The number of carbonyl (C=O) groups is 1. The van der Waals surface area contributed by atoms with Gasteiger partial charge in [-0.05, 0) is 37.6 Å². The summed E-state index contributed by atoms with van der Waals surface area (Å²) in [5.41, 5.74) is 0.313.